The Morgan fingerprint density at radius 2 is 1.75 bits per heavy atom. The van der Waals surface area contributed by atoms with Gasteiger partial charge < -0.3 is 9.15 Å². The normalized spacial score (nSPS) is 11.4. The molecular weight excluding hydrogens is 404 g/mol. The summed E-state index contributed by atoms with van der Waals surface area (Å²) in [6.45, 7) is 1.13. The second-order valence-electron chi connectivity index (χ2n) is 7.38. The van der Waals surface area contributed by atoms with Crippen LogP contribution >= 0.6 is 0 Å². The summed E-state index contributed by atoms with van der Waals surface area (Å²) in [6, 6.07) is 21.8. The fourth-order valence-corrected chi connectivity index (χ4v) is 3.60. The van der Waals surface area contributed by atoms with Gasteiger partial charge in [-0.15, -0.1) is 5.10 Å². The van der Waals surface area contributed by atoms with Crippen molar-refractivity contribution in [1.82, 2.24) is 29.4 Å². The van der Waals surface area contributed by atoms with Crippen molar-refractivity contribution < 1.29 is 9.15 Å². The van der Waals surface area contributed by atoms with Crippen LogP contribution < -0.4 is 4.74 Å². The van der Waals surface area contributed by atoms with Gasteiger partial charge in [-0.1, -0.05) is 42.5 Å². The van der Waals surface area contributed by atoms with Crippen molar-refractivity contribution in [2.24, 2.45) is 0 Å². The Balaban J connectivity index is 1.22. The van der Waals surface area contributed by atoms with Gasteiger partial charge in [-0.3, -0.25) is 0 Å². The monoisotopic (exact) mass is 422 g/mol. The molecule has 8 nitrogen and oxygen atoms in total. The average Bonchev–Trinajstić information content (AvgIpc) is 3.58. The zero-order valence-electron chi connectivity index (χ0n) is 17.0. The molecule has 0 aliphatic carbocycles. The Morgan fingerprint density at radius 3 is 2.56 bits per heavy atom. The molecule has 4 heterocycles. The summed E-state index contributed by atoms with van der Waals surface area (Å²) in [5, 5.41) is 9.81. The van der Waals surface area contributed by atoms with Crippen LogP contribution in [0.3, 0.4) is 0 Å². The number of aromatic nitrogens is 6. The summed E-state index contributed by atoms with van der Waals surface area (Å²) >= 11 is 0. The molecule has 32 heavy (non-hydrogen) atoms. The van der Waals surface area contributed by atoms with Crippen LogP contribution in [0.15, 0.2) is 89.9 Å². The maximum atomic E-state index is 5.87. The predicted molar refractivity (Wildman–Crippen MR) is 118 cm³/mol. The van der Waals surface area contributed by atoms with Gasteiger partial charge in [-0.2, -0.15) is 5.10 Å². The highest BCUT2D eigenvalue weighted by Gasteiger charge is 2.15. The molecule has 156 valence electrons. The Kier molecular flexibility index (Phi) is 4.39. The average molecular weight is 422 g/mol. The van der Waals surface area contributed by atoms with Crippen LogP contribution in [0, 0.1) is 0 Å². The van der Waals surface area contributed by atoms with E-state index < -0.39 is 0 Å². The van der Waals surface area contributed by atoms with Gasteiger partial charge in [0.25, 0.3) is 0 Å². The maximum absolute atomic E-state index is 5.87. The molecule has 4 aromatic heterocycles. The topological polar surface area (TPSA) is 83.3 Å². The lowest BCUT2D eigenvalue weighted by Crippen LogP contribution is -2.03. The van der Waals surface area contributed by atoms with Gasteiger partial charge >= 0.3 is 0 Å². The molecular formula is C24H18N6O2. The van der Waals surface area contributed by atoms with Crippen molar-refractivity contribution in [1.29, 1.82) is 0 Å². The maximum Gasteiger partial charge on any atom is 0.217 e. The number of rotatable bonds is 6. The summed E-state index contributed by atoms with van der Waals surface area (Å²) < 4.78 is 14.8. The molecule has 0 radical (unpaired) electrons. The molecule has 0 aliphatic heterocycles. The fraction of sp³-hybridized carbons (Fsp3) is 0.0833. The Morgan fingerprint density at radius 1 is 0.875 bits per heavy atom. The highest BCUT2D eigenvalue weighted by atomic mass is 16.5. The molecule has 2 aromatic carbocycles. The quantitative estimate of drug-likeness (QED) is 0.397. The molecule has 0 amide bonds. The third-order valence-electron chi connectivity index (χ3n) is 5.22. The first-order valence-electron chi connectivity index (χ1n) is 10.2. The van der Waals surface area contributed by atoms with E-state index in [-0.39, 0.29) is 0 Å². The number of hydrogen-bond acceptors (Lipinski definition) is 6. The van der Waals surface area contributed by atoms with Crippen molar-refractivity contribution in [3.8, 4) is 17.3 Å². The molecule has 0 atom stereocenters. The summed E-state index contributed by atoms with van der Waals surface area (Å²) in [5.41, 5.74) is 3.68. The molecule has 0 bridgehead atoms. The van der Waals surface area contributed by atoms with Gasteiger partial charge in [-0.25, -0.2) is 19.2 Å². The van der Waals surface area contributed by atoms with Gasteiger partial charge in [0, 0.05) is 0 Å². The summed E-state index contributed by atoms with van der Waals surface area (Å²) in [6.07, 6.45) is 5.02. The Hall–Kier alpha value is -4.46. The molecule has 0 N–H and O–H groups in total. The van der Waals surface area contributed by atoms with Gasteiger partial charge in [0.05, 0.1) is 24.4 Å². The molecule has 0 spiro atoms. The Labute approximate surface area is 182 Å². The zero-order valence-corrected chi connectivity index (χ0v) is 17.0. The van der Waals surface area contributed by atoms with Crippen LogP contribution in [0.4, 0.5) is 0 Å². The number of furan rings is 1. The number of hydrogen-bond donors (Lipinski definition) is 0. The first kappa shape index (κ1) is 18.3. The van der Waals surface area contributed by atoms with E-state index in [0.717, 1.165) is 27.9 Å². The molecule has 0 unspecified atom stereocenters. The molecule has 0 fully saturated rings. The minimum Gasteiger partial charge on any atom is -0.489 e. The van der Waals surface area contributed by atoms with Crippen molar-refractivity contribution in [2.45, 2.75) is 13.2 Å². The van der Waals surface area contributed by atoms with E-state index in [1.807, 2.05) is 71.4 Å². The highest BCUT2D eigenvalue weighted by molar-refractivity contribution is 5.88. The lowest BCUT2D eigenvalue weighted by molar-refractivity contribution is 0.306. The fourth-order valence-electron chi connectivity index (χ4n) is 3.60. The second-order valence-corrected chi connectivity index (χ2v) is 7.38. The first-order valence-corrected chi connectivity index (χ1v) is 10.2. The van der Waals surface area contributed by atoms with Crippen molar-refractivity contribution in [3.05, 3.63) is 96.6 Å². The van der Waals surface area contributed by atoms with Crippen molar-refractivity contribution in [2.75, 3.05) is 0 Å². The molecule has 6 rings (SSSR count). The third kappa shape index (κ3) is 3.37. The first-order chi connectivity index (χ1) is 15.8. The molecule has 8 heteroatoms. The number of ether oxygens (including phenoxy) is 1. The molecule has 0 aliphatic rings. The van der Waals surface area contributed by atoms with E-state index in [1.54, 1.807) is 23.3 Å². The zero-order chi connectivity index (χ0) is 21.3. The van der Waals surface area contributed by atoms with Crippen LogP contribution in [-0.2, 0) is 13.2 Å². The molecule has 0 saturated carbocycles. The lowest BCUT2D eigenvalue weighted by atomic mass is 10.2. The van der Waals surface area contributed by atoms with E-state index >= 15 is 0 Å². The number of nitrogens with zero attached hydrogens (tertiary/aromatic N) is 6. The van der Waals surface area contributed by atoms with Gasteiger partial charge in [-0.05, 0) is 35.4 Å². The highest BCUT2D eigenvalue weighted by Crippen LogP contribution is 2.22. The SMILES string of the molecule is c1ccc(COc2ccc(Cn3ncc4c3ncn3nc(-c5ccco5)nc43)cc2)cc1. The number of fused-ring (bicyclic) bond motifs is 3. The minimum absolute atomic E-state index is 0.517. The Bertz CT molecular complexity index is 1480. The van der Waals surface area contributed by atoms with E-state index in [4.69, 9.17) is 9.15 Å². The summed E-state index contributed by atoms with van der Waals surface area (Å²) in [7, 11) is 0. The van der Waals surface area contributed by atoms with Gasteiger partial charge in [0.1, 0.15) is 18.7 Å². The van der Waals surface area contributed by atoms with E-state index in [2.05, 4.69) is 20.2 Å². The predicted octanol–water partition coefficient (Wildman–Crippen LogP) is 4.36. The van der Waals surface area contributed by atoms with Crippen LogP contribution in [-0.4, -0.2) is 29.4 Å². The number of benzene rings is 2. The van der Waals surface area contributed by atoms with E-state index in [0.29, 0.717) is 30.4 Å². The van der Waals surface area contributed by atoms with Crippen LogP contribution in [0.25, 0.3) is 28.3 Å². The van der Waals surface area contributed by atoms with Crippen LogP contribution in [0.1, 0.15) is 11.1 Å². The summed E-state index contributed by atoms with van der Waals surface area (Å²) in [4.78, 5) is 9.16. The lowest BCUT2D eigenvalue weighted by Gasteiger charge is -2.08. The van der Waals surface area contributed by atoms with Crippen LogP contribution in [0.5, 0.6) is 5.75 Å². The van der Waals surface area contributed by atoms with Crippen molar-refractivity contribution in [3.63, 3.8) is 0 Å². The standard InChI is InChI=1S/C24H18N6O2/c1-2-5-18(6-3-1)15-32-19-10-8-17(9-11-19)14-29-23-20(13-26-29)24-27-22(21-7-4-12-31-21)28-30(24)16-25-23/h1-13,16H,14-15H2. The molecule has 0 saturated heterocycles. The largest absolute Gasteiger partial charge is 0.489 e. The third-order valence-corrected chi connectivity index (χ3v) is 5.22. The van der Waals surface area contributed by atoms with E-state index in [1.165, 1.54) is 0 Å². The van der Waals surface area contributed by atoms with Crippen molar-refractivity contribution >= 4 is 16.7 Å². The second kappa shape index (κ2) is 7.66. The van der Waals surface area contributed by atoms with Crippen LogP contribution in [0.2, 0.25) is 0 Å². The van der Waals surface area contributed by atoms with E-state index in [9.17, 15) is 0 Å². The summed E-state index contributed by atoms with van der Waals surface area (Å²) in [5.74, 6) is 1.96. The molecule has 6 aromatic rings. The van der Waals surface area contributed by atoms with Gasteiger partial charge in [0.2, 0.25) is 5.82 Å². The smallest absolute Gasteiger partial charge is 0.217 e. The minimum atomic E-state index is 0.517. The van der Waals surface area contributed by atoms with Gasteiger partial charge in [0.15, 0.2) is 17.1 Å².